The first-order chi connectivity index (χ1) is 9.61. The smallest absolute Gasteiger partial charge is 0.128 e. The van der Waals surface area contributed by atoms with Crippen molar-refractivity contribution in [3.63, 3.8) is 0 Å². The van der Waals surface area contributed by atoms with E-state index in [4.69, 9.17) is 17.3 Å². The monoisotopic (exact) mass is 292 g/mol. The van der Waals surface area contributed by atoms with Gasteiger partial charge in [-0.3, -0.25) is 4.90 Å². The number of rotatable bonds is 5. The second-order valence-corrected chi connectivity index (χ2v) is 5.25. The quantitative estimate of drug-likeness (QED) is 0.912. The van der Waals surface area contributed by atoms with E-state index in [-0.39, 0.29) is 11.9 Å². The van der Waals surface area contributed by atoms with Crippen molar-refractivity contribution < 1.29 is 4.39 Å². The fraction of sp³-hybridized carbons (Fsp3) is 0.250. The Kier molecular flexibility index (Phi) is 5.12. The van der Waals surface area contributed by atoms with Gasteiger partial charge in [-0.05, 0) is 30.8 Å². The predicted octanol–water partition coefficient (Wildman–Crippen LogP) is 3.61. The molecule has 1 atom stereocenters. The first kappa shape index (κ1) is 15.0. The van der Waals surface area contributed by atoms with E-state index < -0.39 is 0 Å². The Morgan fingerprint density at radius 2 is 1.90 bits per heavy atom. The predicted molar refractivity (Wildman–Crippen MR) is 81.1 cm³/mol. The minimum atomic E-state index is -0.273. The lowest BCUT2D eigenvalue weighted by Gasteiger charge is -2.27. The topological polar surface area (TPSA) is 29.3 Å². The highest BCUT2D eigenvalue weighted by atomic mass is 35.5. The SMILES string of the molecule is CN(Cc1ccccc1)C(CN)c1cc(Cl)ccc1F. The van der Waals surface area contributed by atoms with Crippen LogP contribution in [0.15, 0.2) is 48.5 Å². The summed E-state index contributed by atoms with van der Waals surface area (Å²) in [5.74, 6) is -0.273. The molecular weight excluding hydrogens is 275 g/mol. The van der Waals surface area contributed by atoms with Crippen LogP contribution in [0.2, 0.25) is 5.02 Å². The summed E-state index contributed by atoms with van der Waals surface area (Å²) >= 11 is 5.96. The number of hydrogen-bond donors (Lipinski definition) is 1. The third-order valence-electron chi connectivity index (χ3n) is 3.35. The molecule has 2 rings (SSSR count). The van der Waals surface area contributed by atoms with Gasteiger partial charge in [0.1, 0.15) is 5.82 Å². The van der Waals surface area contributed by atoms with Crippen LogP contribution in [0.1, 0.15) is 17.2 Å². The summed E-state index contributed by atoms with van der Waals surface area (Å²) in [6, 6.07) is 14.4. The Labute approximate surface area is 124 Å². The lowest BCUT2D eigenvalue weighted by atomic mass is 10.0. The van der Waals surface area contributed by atoms with Crippen LogP contribution in [-0.4, -0.2) is 18.5 Å². The van der Waals surface area contributed by atoms with Crippen LogP contribution in [0.25, 0.3) is 0 Å². The summed E-state index contributed by atoms with van der Waals surface area (Å²) in [5.41, 5.74) is 7.53. The molecule has 0 radical (unpaired) electrons. The highest BCUT2D eigenvalue weighted by Crippen LogP contribution is 2.25. The summed E-state index contributed by atoms with van der Waals surface area (Å²) in [4.78, 5) is 2.03. The molecular formula is C16H18ClFN2. The summed E-state index contributed by atoms with van der Waals surface area (Å²) in [7, 11) is 1.94. The molecule has 0 saturated carbocycles. The van der Waals surface area contributed by atoms with Gasteiger partial charge in [0.05, 0.1) is 0 Å². The van der Waals surface area contributed by atoms with Gasteiger partial charge in [0.25, 0.3) is 0 Å². The van der Waals surface area contributed by atoms with Gasteiger partial charge < -0.3 is 5.73 Å². The summed E-state index contributed by atoms with van der Waals surface area (Å²) < 4.78 is 14.0. The zero-order chi connectivity index (χ0) is 14.5. The van der Waals surface area contributed by atoms with E-state index in [1.807, 2.05) is 42.3 Å². The fourth-order valence-corrected chi connectivity index (χ4v) is 2.48. The summed E-state index contributed by atoms with van der Waals surface area (Å²) in [5, 5.41) is 0.521. The first-order valence-corrected chi connectivity index (χ1v) is 6.89. The van der Waals surface area contributed by atoms with Crippen LogP contribution in [0, 0.1) is 5.82 Å². The van der Waals surface area contributed by atoms with Crippen molar-refractivity contribution in [2.24, 2.45) is 5.73 Å². The lowest BCUT2D eigenvalue weighted by Crippen LogP contribution is -2.30. The van der Waals surface area contributed by atoms with Crippen molar-refractivity contribution in [2.75, 3.05) is 13.6 Å². The van der Waals surface area contributed by atoms with E-state index in [1.54, 1.807) is 12.1 Å². The largest absolute Gasteiger partial charge is 0.329 e. The van der Waals surface area contributed by atoms with Crippen molar-refractivity contribution in [3.05, 3.63) is 70.5 Å². The molecule has 2 aromatic carbocycles. The van der Waals surface area contributed by atoms with Crippen molar-refractivity contribution in [1.29, 1.82) is 0 Å². The molecule has 2 nitrogen and oxygen atoms in total. The second kappa shape index (κ2) is 6.84. The van der Waals surface area contributed by atoms with E-state index in [0.717, 1.165) is 5.56 Å². The maximum Gasteiger partial charge on any atom is 0.128 e. The van der Waals surface area contributed by atoms with E-state index in [1.165, 1.54) is 6.07 Å². The third-order valence-corrected chi connectivity index (χ3v) is 3.58. The van der Waals surface area contributed by atoms with Crippen molar-refractivity contribution in [3.8, 4) is 0 Å². The molecule has 0 aliphatic heterocycles. The van der Waals surface area contributed by atoms with Crippen molar-refractivity contribution >= 4 is 11.6 Å². The van der Waals surface area contributed by atoms with Gasteiger partial charge in [0.2, 0.25) is 0 Å². The minimum absolute atomic E-state index is 0.200. The van der Waals surface area contributed by atoms with Crippen LogP contribution >= 0.6 is 11.6 Å². The Balaban J connectivity index is 2.21. The van der Waals surface area contributed by atoms with Crippen LogP contribution < -0.4 is 5.73 Å². The lowest BCUT2D eigenvalue weighted by molar-refractivity contribution is 0.237. The molecule has 0 amide bonds. The van der Waals surface area contributed by atoms with Crippen LogP contribution in [0.3, 0.4) is 0 Å². The van der Waals surface area contributed by atoms with Gasteiger partial charge in [0, 0.05) is 29.7 Å². The molecule has 2 N–H and O–H groups in total. The van der Waals surface area contributed by atoms with Gasteiger partial charge in [-0.15, -0.1) is 0 Å². The number of halogens is 2. The molecule has 0 spiro atoms. The Bertz CT molecular complexity index is 560. The van der Waals surface area contributed by atoms with E-state index in [2.05, 4.69) is 0 Å². The maximum atomic E-state index is 14.0. The average molecular weight is 293 g/mol. The van der Waals surface area contributed by atoms with Gasteiger partial charge in [-0.2, -0.15) is 0 Å². The molecule has 0 aromatic heterocycles. The number of hydrogen-bond acceptors (Lipinski definition) is 2. The van der Waals surface area contributed by atoms with Crippen molar-refractivity contribution in [2.45, 2.75) is 12.6 Å². The number of nitrogens with zero attached hydrogens (tertiary/aromatic N) is 1. The molecule has 106 valence electrons. The normalized spacial score (nSPS) is 12.7. The second-order valence-electron chi connectivity index (χ2n) is 4.82. The molecule has 2 aromatic rings. The Morgan fingerprint density at radius 3 is 2.55 bits per heavy atom. The van der Waals surface area contributed by atoms with E-state index >= 15 is 0 Å². The summed E-state index contributed by atoms with van der Waals surface area (Å²) in [6.45, 7) is 1.04. The van der Waals surface area contributed by atoms with Crippen LogP contribution in [0.4, 0.5) is 4.39 Å². The highest BCUT2D eigenvalue weighted by molar-refractivity contribution is 6.30. The average Bonchev–Trinajstić information content (AvgIpc) is 2.44. The Morgan fingerprint density at radius 1 is 1.20 bits per heavy atom. The van der Waals surface area contributed by atoms with Gasteiger partial charge in [-0.1, -0.05) is 41.9 Å². The Hall–Kier alpha value is -1.42. The van der Waals surface area contributed by atoms with E-state index in [0.29, 0.717) is 23.7 Å². The molecule has 0 fully saturated rings. The molecule has 0 bridgehead atoms. The number of likely N-dealkylation sites (N-methyl/N-ethyl adjacent to an activating group) is 1. The summed E-state index contributed by atoms with van der Waals surface area (Å²) in [6.07, 6.45) is 0. The molecule has 4 heteroatoms. The minimum Gasteiger partial charge on any atom is -0.329 e. The zero-order valence-electron chi connectivity index (χ0n) is 11.4. The standard InChI is InChI=1S/C16H18ClFN2/c1-20(11-12-5-3-2-4-6-12)16(10-19)14-9-13(17)7-8-15(14)18/h2-9,16H,10-11,19H2,1H3. The van der Waals surface area contributed by atoms with Gasteiger partial charge in [-0.25, -0.2) is 4.39 Å². The maximum absolute atomic E-state index is 14.0. The molecule has 20 heavy (non-hydrogen) atoms. The first-order valence-electron chi connectivity index (χ1n) is 6.51. The highest BCUT2D eigenvalue weighted by Gasteiger charge is 2.19. The number of nitrogens with two attached hydrogens (primary N) is 1. The molecule has 0 aliphatic rings. The van der Waals surface area contributed by atoms with Crippen LogP contribution in [-0.2, 0) is 6.54 Å². The van der Waals surface area contributed by atoms with Gasteiger partial charge in [0.15, 0.2) is 0 Å². The third kappa shape index (κ3) is 3.57. The molecule has 0 saturated heterocycles. The van der Waals surface area contributed by atoms with Crippen molar-refractivity contribution in [1.82, 2.24) is 4.90 Å². The number of benzene rings is 2. The van der Waals surface area contributed by atoms with E-state index in [9.17, 15) is 4.39 Å². The van der Waals surface area contributed by atoms with Crippen LogP contribution in [0.5, 0.6) is 0 Å². The molecule has 0 heterocycles. The molecule has 1 unspecified atom stereocenters. The fourth-order valence-electron chi connectivity index (χ4n) is 2.30. The zero-order valence-corrected chi connectivity index (χ0v) is 12.1. The molecule has 0 aliphatic carbocycles. The van der Waals surface area contributed by atoms with Gasteiger partial charge >= 0.3 is 0 Å².